The van der Waals surface area contributed by atoms with Crippen LogP contribution in [-0.2, 0) is 65.4 Å². The average molecular weight is 1470 g/mol. The first-order valence-electron chi connectivity index (χ1n) is 41.8. The van der Waals surface area contributed by atoms with Crippen LogP contribution < -0.4 is 0 Å². The normalized spacial score (nSPS) is 14.0. The van der Waals surface area contributed by atoms with E-state index >= 15 is 0 Å². The van der Waals surface area contributed by atoms with E-state index in [4.69, 9.17) is 37.0 Å². The number of carbonyl (C=O) groups excluding carboxylic acids is 4. The Morgan fingerprint density at radius 1 is 0.270 bits per heavy atom. The summed E-state index contributed by atoms with van der Waals surface area (Å²) >= 11 is 0. The third-order valence-electron chi connectivity index (χ3n) is 18.9. The summed E-state index contributed by atoms with van der Waals surface area (Å²) < 4.78 is 68.7. The second kappa shape index (κ2) is 71.3. The predicted octanol–water partition coefficient (Wildman–Crippen LogP) is 24.1. The monoisotopic (exact) mass is 1470 g/mol. The number of aliphatic hydroxyl groups excluding tert-OH is 1. The molecule has 0 bridgehead atoms. The number of carbonyl (C=O) groups is 4. The highest BCUT2D eigenvalue weighted by Gasteiger charge is 2.30. The summed E-state index contributed by atoms with van der Waals surface area (Å²) in [6.45, 7) is 11.9. The van der Waals surface area contributed by atoms with Gasteiger partial charge in [-0.1, -0.05) is 370 Å². The molecule has 0 amide bonds. The Morgan fingerprint density at radius 2 is 0.460 bits per heavy atom. The van der Waals surface area contributed by atoms with Gasteiger partial charge in [-0.25, -0.2) is 9.13 Å². The summed E-state index contributed by atoms with van der Waals surface area (Å²) in [6, 6.07) is 0. The molecule has 0 aliphatic carbocycles. The second-order valence-electron chi connectivity index (χ2n) is 30.6. The maximum absolute atomic E-state index is 13.1. The number of esters is 4. The van der Waals surface area contributed by atoms with Crippen LogP contribution >= 0.6 is 15.6 Å². The molecule has 0 spiro atoms. The zero-order valence-electron chi connectivity index (χ0n) is 65.7. The highest BCUT2D eigenvalue weighted by Crippen LogP contribution is 2.45. The number of ether oxygens (including phenoxy) is 4. The third-order valence-corrected chi connectivity index (χ3v) is 20.8. The van der Waals surface area contributed by atoms with Gasteiger partial charge in [0.05, 0.1) is 26.4 Å². The molecule has 0 aliphatic heterocycles. The van der Waals surface area contributed by atoms with Crippen LogP contribution in [0.15, 0.2) is 0 Å². The van der Waals surface area contributed by atoms with Crippen LogP contribution in [0.2, 0.25) is 0 Å². The summed E-state index contributed by atoms with van der Waals surface area (Å²) in [5.41, 5.74) is 0. The summed E-state index contributed by atoms with van der Waals surface area (Å²) in [4.78, 5) is 73.0. The largest absolute Gasteiger partial charge is 0.472 e. The van der Waals surface area contributed by atoms with Gasteiger partial charge in [-0.05, 0) is 43.4 Å². The third kappa shape index (κ3) is 74.3. The average Bonchev–Trinajstić information content (AvgIpc) is 0.918. The van der Waals surface area contributed by atoms with Crippen LogP contribution in [0.4, 0.5) is 0 Å². The van der Waals surface area contributed by atoms with Crippen molar-refractivity contribution in [3.8, 4) is 0 Å². The molecule has 17 nitrogen and oxygen atoms in total. The van der Waals surface area contributed by atoms with Crippen molar-refractivity contribution in [2.75, 3.05) is 39.6 Å². The van der Waals surface area contributed by atoms with Gasteiger partial charge in [0.2, 0.25) is 0 Å². The van der Waals surface area contributed by atoms with Gasteiger partial charge in [0, 0.05) is 25.7 Å². The topological polar surface area (TPSA) is 237 Å². The molecule has 0 aromatic carbocycles. The predicted molar refractivity (Wildman–Crippen MR) is 409 cm³/mol. The Morgan fingerprint density at radius 3 is 0.680 bits per heavy atom. The summed E-state index contributed by atoms with van der Waals surface area (Å²) in [5, 5.41) is 10.6. The molecule has 0 aliphatic rings. The van der Waals surface area contributed by atoms with E-state index in [1.165, 1.54) is 225 Å². The molecule has 3 N–H and O–H groups in total. The van der Waals surface area contributed by atoms with Gasteiger partial charge in [-0.3, -0.25) is 37.3 Å². The van der Waals surface area contributed by atoms with Crippen molar-refractivity contribution < 1.29 is 80.2 Å². The van der Waals surface area contributed by atoms with Crippen molar-refractivity contribution in [2.24, 2.45) is 17.8 Å². The minimum atomic E-state index is -4.96. The molecule has 0 rings (SSSR count). The summed E-state index contributed by atoms with van der Waals surface area (Å²) in [5.74, 6) is 0.183. The van der Waals surface area contributed by atoms with E-state index in [-0.39, 0.29) is 25.7 Å². The van der Waals surface area contributed by atoms with Crippen LogP contribution in [0.3, 0.4) is 0 Å². The van der Waals surface area contributed by atoms with Gasteiger partial charge in [0.25, 0.3) is 0 Å². The number of aliphatic hydroxyl groups is 1. The van der Waals surface area contributed by atoms with Gasteiger partial charge in [-0.15, -0.1) is 0 Å². The number of phosphoric ester groups is 2. The lowest BCUT2D eigenvalue weighted by Gasteiger charge is -2.21. The molecular weight excluding hydrogens is 1310 g/mol. The maximum atomic E-state index is 13.1. The van der Waals surface area contributed by atoms with Gasteiger partial charge < -0.3 is 33.8 Å². The molecule has 0 radical (unpaired) electrons. The number of unbranched alkanes of at least 4 members (excludes halogenated alkanes) is 47. The Hall–Kier alpha value is -1.94. The summed E-state index contributed by atoms with van der Waals surface area (Å²) in [6.07, 6.45) is 59.8. The minimum Gasteiger partial charge on any atom is -0.462 e. The highest BCUT2D eigenvalue weighted by atomic mass is 31.2. The molecule has 19 heteroatoms. The lowest BCUT2D eigenvalue weighted by atomic mass is 10.0. The van der Waals surface area contributed by atoms with Crippen molar-refractivity contribution in [3.63, 3.8) is 0 Å². The van der Waals surface area contributed by atoms with E-state index in [9.17, 15) is 43.2 Å². The minimum absolute atomic E-state index is 0.107. The molecule has 0 saturated carbocycles. The Bertz CT molecular complexity index is 1940. The molecule has 0 fully saturated rings. The van der Waals surface area contributed by atoms with Crippen molar-refractivity contribution in [1.29, 1.82) is 0 Å². The summed E-state index contributed by atoms with van der Waals surface area (Å²) in [7, 11) is -9.92. The molecule has 0 aromatic rings. The lowest BCUT2D eigenvalue weighted by molar-refractivity contribution is -0.161. The van der Waals surface area contributed by atoms with Crippen LogP contribution in [0.25, 0.3) is 0 Å². The molecule has 0 aromatic heterocycles. The van der Waals surface area contributed by atoms with Crippen LogP contribution in [0, 0.1) is 17.8 Å². The van der Waals surface area contributed by atoms with E-state index in [2.05, 4.69) is 48.5 Å². The fourth-order valence-corrected chi connectivity index (χ4v) is 14.1. The van der Waals surface area contributed by atoms with E-state index in [1.54, 1.807) is 0 Å². The molecule has 594 valence electrons. The number of rotatable bonds is 79. The van der Waals surface area contributed by atoms with Crippen LogP contribution in [-0.4, -0.2) is 96.7 Å². The first kappa shape index (κ1) is 98.1. The zero-order valence-corrected chi connectivity index (χ0v) is 67.5. The van der Waals surface area contributed by atoms with E-state index in [1.807, 2.05) is 0 Å². The fourth-order valence-electron chi connectivity index (χ4n) is 12.5. The highest BCUT2D eigenvalue weighted by molar-refractivity contribution is 7.47. The Labute approximate surface area is 613 Å². The standard InChI is InChI=1S/C81H158O17P2/c1-8-9-10-11-12-13-14-15-25-31-36-41-50-57-64-81(86)98-77(69-92-79(84)63-56-49-44-43-47-54-61-74(6)7)71-96-100(89,90)94-67-75(82)66-93-99(87,88)95-70-76(68-91-78(83)62-55-48-40-35-30-26-22-18-20-24-29-34-39-46-53-60-73(4)5)97-80(85)65-58-51-42-37-32-27-21-17-16-19-23-28-33-38-45-52-59-72(2)3/h72-77,82H,8-71H2,1-7H3,(H,87,88)(H,89,90)/t75-,76-,77-/m1/s1. The first-order chi connectivity index (χ1) is 48.2. The van der Waals surface area contributed by atoms with Crippen molar-refractivity contribution in [3.05, 3.63) is 0 Å². The molecule has 100 heavy (non-hydrogen) atoms. The van der Waals surface area contributed by atoms with Crippen LogP contribution in [0.5, 0.6) is 0 Å². The SMILES string of the molecule is CCCCCCCCCCCCCCCCC(=O)O[C@H](COC(=O)CCCCCCCCC(C)C)COP(=O)(O)OC[C@H](O)COP(=O)(O)OC[C@@H](COC(=O)CCCCCCCCCCCCCCCCCC(C)C)OC(=O)CCCCCCCCCCCCCCCCCCC(C)C. The van der Waals surface area contributed by atoms with E-state index in [0.717, 1.165) is 108 Å². The van der Waals surface area contributed by atoms with E-state index < -0.39 is 97.5 Å². The van der Waals surface area contributed by atoms with Gasteiger partial charge in [-0.2, -0.15) is 0 Å². The quantitative estimate of drug-likeness (QED) is 0.0222. The Kier molecular flexibility index (Phi) is 69.9. The number of phosphoric acid groups is 2. The maximum Gasteiger partial charge on any atom is 0.472 e. The molecule has 5 atom stereocenters. The van der Waals surface area contributed by atoms with Gasteiger partial charge in [0.1, 0.15) is 19.3 Å². The second-order valence-corrected chi connectivity index (χ2v) is 33.5. The smallest absolute Gasteiger partial charge is 0.462 e. The fraction of sp³-hybridized carbons (Fsp3) is 0.951. The van der Waals surface area contributed by atoms with Crippen molar-refractivity contribution >= 4 is 39.5 Å². The number of hydrogen-bond acceptors (Lipinski definition) is 15. The van der Waals surface area contributed by atoms with Gasteiger partial charge >= 0.3 is 39.5 Å². The molecule has 0 heterocycles. The van der Waals surface area contributed by atoms with Crippen molar-refractivity contribution in [2.45, 2.75) is 439 Å². The number of hydrogen-bond donors (Lipinski definition) is 3. The molecule has 0 saturated heterocycles. The van der Waals surface area contributed by atoms with Gasteiger partial charge in [0.15, 0.2) is 12.2 Å². The van der Waals surface area contributed by atoms with Crippen LogP contribution in [0.1, 0.15) is 421 Å². The zero-order chi connectivity index (χ0) is 73.7. The first-order valence-corrected chi connectivity index (χ1v) is 44.8. The molecular formula is C81H158O17P2. The lowest BCUT2D eigenvalue weighted by Crippen LogP contribution is -2.30. The molecule has 2 unspecified atom stereocenters. The Balaban J connectivity index is 5.22. The van der Waals surface area contributed by atoms with E-state index in [0.29, 0.717) is 31.6 Å². The van der Waals surface area contributed by atoms with Crippen molar-refractivity contribution in [1.82, 2.24) is 0 Å².